The summed E-state index contributed by atoms with van der Waals surface area (Å²) in [5, 5.41) is 2.80. The second-order valence-electron chi connectivity index (χ2n) is 6.83. The molecular weight excluding hydrogens is 434 g/mol. The molecule has 1 heterocycles. The van der Waals surface area contributed by atoms with E-state index in [1.54, 1.807) is 42.5 Å². The van der Waals surface area contributed by atoms with Crippen LogP contribution >= 0.6 is 12.2 Å². The van der Waals surface area contributed by atoms with Gasteiger partial charge in [-0.3, -0.25) is 19.3 Å². The van der Waals surface area contributed by atoms with E-state index >= 15 is 0 Å². The molecule has 2 aromatic rings. The lowest BCUT2D eigenvalue weighted by molar-refractivity contribution is -0.141. The number of hydrogen-bond acceptors (Lipinski definition) is 7. The molecule has 3 rings (SSSR count). The molecule has 32 heavy (non-hydrogen) atoms. The summed E-state index contributed by atoms with van der Waals surface area (Å²) in [5.74, 6) is -1.95. The number of ether oxygens (including phenoxy) is 2. The molecule has 0 aromatic heterocycles. The van der Waals surface area contributed by atoms with Crippen LogP contribution in [0.2, 0.25) is 0 Å². The normalized spacial score (nSPS) is 15.5. The van der Waals surface area contributed by atoms with Crippen molar-refractivity contribution in [3.63, 3.8) is 0 Å². The van der Waals surface area contributed by atoms with Crippen LogP contribution in [0.5, 0.6) is 0 Å². The van der Waals surface area contributed by atoms with Crippen molar-refractivity contribution < 1.29 is 28.7 Å². The number of carbonyl (C=O) groups excluding carboxylic acids is 4. The quantitative estimate of drug-likeness (QED) is 0.499. The molecule has 0 unspecified atom stereocenters. The number of anilines is 2. The van der Waals surface area contributed by atoms with Crippen LogP contribution in [0.1, 0.15) is 16.8 Å². The summed E-state index contributed by atoms with van der Waals surface area (Å²) in [4.78, 5) is 52.0. The fraction of sp³-hybridized carbons (Fsp3) is 0.227. The maximum absolute atomic E-state index is 13.2. The number of nitrogens with one attached hydrogen (secondary N) is 1. The number of carbonyl (C=O) groups is 4. The van der Waals surface area contributed by atoms with E-state index in [-0.39, 0.29) is 18.1 Å². The number of amides is 2. The maximum atomic E-state index is 13.2. The number of methoxy groups -OCH3 is 2. The Labute approximate surface area is 189 Å². The third-order valence-corrected chi connectivity index (χ3v) is 5.25. The summed E-state index contributed by atoms with van der Waals surface area (Å²) in [5.41, 5.74) is 1.32. The molecule has 1 saturated heterocycles. The number of esters is 2. The molecule has 1 N–H and O–H groups in total. The van der Waals surface area contributed by atoms with Crippen LogP contribution in [0.4, 0.5) is 11.4 Å². The van der Waals surface area contributed by atoms with Gasteiger partial charge in [0, 0.05) is 5.69 Å². The van der Waals surface area contributed by atoms with E-state index in [1.807, 2.05) is 0 Å². The lowest BCUT2D eigenvalue weighted by Gasteiger charge is -2.22. The van der Waals surface area contributed by atoms with Crippen molar-refractivity contribution in [1.29, 1.82) is 0 Å². The zero-order valence-corrected chi connectivity index (χ0v) is 18.3. The van der Waals surface area contributed by atoms with E-state index in [0.717, 1.165) is 0 Å². The van der Waals surface area contributed by atoms with Gasteiger partial charge in [0.2, 0.25) is 5.91 Å². The summed E-state index contributed by atoms with van der Waals surface area (Å²) >= 11 is 5.44. The molecule has 0 bridgehead atoms. The van der Waals surface area contributed by atoms with Gasteiger partial charge in [0.05, 0.1) is 31.9 Å². The number of benzene rings is 2. The van der Waals surface area contributed by atoms with Crippen LogP contribution in [-0.2, 0) is 23.9 Å². The van der Waals surface area contributed by atoms with Crippen LogP contribution in [0, 0.1) is 0 Å². The average molecular weight is 455 g/mol. The van der Waals surface area contributed by atoms with Crippen LogP contribution in [0.25, 0.3) is 0 Å². The molecule has 2 amide bonds. The van der Waals surface area contributed by atoms with Crippen molar-refractivity contribution in [2.45, 2.75) is 12.5 Å². The molecule has 2 aromatic carbocycles. The predicted molar refractivity (Wildman–Crippen MR) is 120 cm³/mol. The van der Waals surface area contributed by atoms with Gasteiger partial charge >= 0.3 is 11.9 Å². The molecule has 10 heteroatoms. The second-order valence-corrected chi connectivity index (χ2v) is 7.20. The Balaban J connectivity index is 1.77. The van der Waals surface area contributed by atoms with Crippen molar-refractivity contribution in [1.82, 2.24) is 4.90 Å². The summed E-state index contributed by atoms with van der Waals surface area (Å²) in [6, 6.07) is 13.9. The first-order chi connectivity index (χ1) is 15.3. The minimum absolute atomic E-state index is 0.117. The van der Waals surface area contributed by atoms with Crippen molar-refractivity contribution in [3.05, 3.63) is 60.2 Å². The number of rotatable bonds is 7. The van der Waals surface area contributed by atoms with Gasteiger partial charge < -0.3 is 19.7 Å². The Bertz CT molecular complexity index is 1040. The summed E-state index contributed by atoms with van der Waals surface area (Å²) in [6.07, 6.45) is -0.238. The van der Waals surface area contributed by atoms with Crippen molar-refractivity contribution in [2.75, 3.05) is 31.0 Å². The maximum Gasteiger partial charge on any atom is 0.337 e. The van der Waals surface area contributed by atoms with E-state index in [1.165, 1.54) is 36.2 Å². The molecular formula is C22H21N3O6S. The smallest absolute Gasteiger partial charge is 0.337 e. The highest BCUT2D eigenvalue weighted by molar-refractivity contribution is 7.80. The first-order valence-corrected chi connectivity index (χ1v) is 10.0. The van der Waals surface area contributed by atoms with Crippen molar-refractivity contribution in [2.24, 2.45) is 0 Å². The molecule has 0 saturated carbocycles. The summed E-state index contributed by atoms with van der Waals surface area (Å²) in [6.45, 7) is -0.268. The number of thiocarbonyl (C=S) groups is 1. The van der Waals surface area contributed by atoms with Crippen molar-refractivity contribution >= 4 is 52.5 Å². The largest absolute Gasteiger partial charge is 0.468 e. The molecule has 1 atom stereocenters. The monoisotopic (exact) mass is 455 g/mol. The van der Waals surface area contributed by atoms with Gasteiger partial charge in [-0.2, -0.15) is 0 Å². The van der Waals surface area contributed by atoms with Crippen LogP contribution in [0.3, 0.4) is 0 Å². The highest BCUT2D eigenvalue weighted by Crippen LogP contribution is 2.27. The van der Waals surface area contributed by atoms with Gasteiger partial charge in [0.1, 0.15) is 12.6 Å². The molecule has 0 radical (unpaired) electrons. The van der Waals surface area contributed by atoms with Gasteiger partial charge in [-0.05, 0) is 48.6 Å². The van der Waals surface area contributed by atoms with E-state index in [9.17, 15) is 19.2 Å². The second kappa shape index (κ2) is 10.0. The van der Waals surface area contributed by atoms with E-state index in [2.05, 4.69) is 10.1 Å². The van der Waals surface area contributed by atoms with E-state index in [4.69, 9.17) is 17.0 Å². The number of hydrogen-bond donors (Lipinski definition) is 1. The fourth-order valence-electron chi connectivity index (χ4n) is 3.23. The molecule has 0 aliphatic carbocycles. The lowest BCUT2D eigenvalue weighted by Crippen LogP contribution is -2.41. The number of para-hydroxylation sites is 1. The minimum Gasteiger partial charge on any atom is -0.468 e. The van der Waals surface area contributed by atoms with Crippen LogP contribution in [-0.4, -0.2) is 60.6 Å². The Morgan fingerprint density at radius 1 is 1.00 bits per heavy atom. The van der Waals surface area contributed by atoms with E-state index < -0.39 is 29.8 Å². The van der Waals surface area contributed by atoms with Crippen LogP contribution < -0.4 is 10.2 Å². The van der Waals surface area contributed by atoms with Gasteiger partial charge in [-0.15, -0.1) is 0 Å². The molecule has 1 fully saturated rings. The zero-order chi connectivity index (χ0) is 23.3. The summed E-state index contributed by atoms with van der Waals surface area (Å²) in [7, 11) is 2.51. The highest BCUT2D eigenvalue weighted by Gasteiger charge is 2.45. The first kappa shape index (κ1) is 22.9. The molecule has 166 valence electrons. The van der Waals surface area contributed by atoms with Crippen molar-refractivity contribution in [3.8, 4) is 0 Å². The molecule has 0 spiro atoms. The minimum atomic E-state index is -0.976. The third-order valence-electron chi connectivity index (χ3n) is 4.83. The Morgan fingerprint density at radius 3 is 2.25 bits per heavy atom. The number of nitrogens with zero attached hydrogens (tertiary/aromatic N) is 2. The topological polar surface area (TPSA) is 105 Å². The predicted octanol–water partition coefficient (Wildman–Crippen LogP) is 1.98. The van der Waals surface area contributed by atoms with Gasteiger partial charge in [0.25, 0.3) is 5.91 Å². The Hall–Kier alpha value is -3.79. The SMILES string of the molecule is COC(=O)CN1C(=S)N(c2ccccc2)C(=O)[C@H]1CC(=O)Nc1ccc(C(=O)OC)cc1. The van der Waals surface area contributed by atoms with Crippen LogP contribution in [0.15, 0.2) is 54.6 Å². The lowest BCUT2D eigenvalue weighted by atomic mass is 10.1. The van der Waals surface area contributed by atoms with Gasteiger partial charge in [0.15, 0.2) is 5.11 Å². The van der Waals surface area contributed by atoms with E-state index in [0.29, 0.717) is 16.9 Å². The average Bonchev–Trinajstić information content (AvgIpc) is 3.03. The first-order valence-electron chi connectivity index (χ1n) is 9.60. The van der Waals surface area contributed by atoms with Gasteiger partial charge in [-0.1, -0.05) is 18.2 Å². The van der Waals surface area contributed by atoms with Gasteiger partial charge in [-0.25, -0.2) is 4.79 Å². The summed E-state index contributed by atoms with van der Waals surface area (Å²) < 4.78 is 9.36. The molecule has 1 aliphatic rings. The standard InChI is InChI=1S/C22H21N3O6S/c1-30-19(27)13-24-17(20(28)25(22(24)32)16-6-4-3-5-7-16)12-18(26)23-15-10-8-14(9-11-15)21(29)31-2/h3-11,17H,12-13H2,1-2H3,(H,23,26)/t17-/m1/s1. The molecule has 1 aliphatic heterocycles. The fourth-order valence-corrected chi connectivity index (χ4v) is 3.61. The highest BCUT2D eigenvalue weighted by atomic mass is 32.1. The Kier molecular flexibility index (Phi) is 7.16. The zero-order valence-electron chi connectivity index (χ0n) is 17.4. The Morgan fingerprint density at radius 2 is 1.66 bits per heavy atom. The third kappa shape index (κ3) is 4.92. The molecule has 9 nitrogen and oxygen atoms in total.